The van der Waals surface area contributed by atoms with Crippen molar-refractivity contribution in [1.29, 1.82) is 0 Å². The zero-order valence-corrected chi connectivity index (χ0v) is 14.8. The van der Waals surface area contributed by atoms with Crippen LogP contribution in [-0.4, -0.2) is 45.4 Å². The van der Waals surface area contributed by atoms with Gasteiger partial charge in [-0.2, -0.15) is 0 Å². The molecule has 1 fully saturated rings. The summed E-state index contributed by atoms with van der Waals surface area (Å²) in [6.45, 7) is 4.28. The molecule has 1 saturated heterocycles. The van der Waals surface area contributed by atoms with Crippen LogP contribution in [0.2, 0.25) is 0 Å². The van der Waals surface area contributed by atoms with Crippen molar-refractivity contribution in [2.45, 2.75) is 32.2 Å². The molecule has 2 aromatic heterocycles. The highest BCUT2D eigenvalue weighted by molar-refractivity contribution is 5.79. The predicted octanol–water partition coefficient (Wildman–Crippen LogP) is 2.85. The first-order valence-electron chi connectivity index (χ1n) is 9.31. The van der Waals surface area contributed by atoms with Crippen molar-refractivity contribution in [2.24, 2.45) is 0 Å². The van der Waals surface area contributed by atoms with Gasteiger partial charge in [-0.05, 0) is 37.1 Å². The van der Waals surface area contributed by atoms with Crippen molar-refractivity contribution in [3.8, 4) is 0 Å². The van der Waals surface area contributed by atoms with Gasteiger partial charge in [0.25, 0.3) is 0 Å². The highest BCUT2D eigenvalue weighted by Crippen LogP contribution is 2.28. The van der Waals surface area contributed by atoms with Crippen LogP contribution in [0.1, 0.15) is 18.5 Å². The Labute approximate surface area is 153 Å². The van der Waals surface area contributed by atoms with Gasteiger partial charge in [0.05, 0.1) is 36.2 Å². The molecule has 134 valence electrons. The van der Waals surface area contributed by atoms with Crippen molar-refractivity contribution >= 4 is 17.0 Å². The Morgan fingerprint density at radius 2 is 2.00 bits per heavy atom. The molecule has 2 aliphatic rings. The maximum atomic E-state index is 5.89. The molecule has 0 radical (unpaired) electrons. The van der Waals surface area contributed by atoms with Crippen molar-refractivity contribution in [3.63, 3.8) is 0 Å². The molecular formula is C20H23N5O. The minimum absolute atomic E-state index is 0.304. The molecule has 3 aromatic rings. The van der Waals surface area contributed by atoms with Crippen LogP contribution in [0.5, 0.6) is 0 Å². The molecule has 0 unspecified atom stereocenters. The van der Waals surface area contributed by atoms with Gasteiger partial charge in [-0.25, -0.2) is 4.98 Å². The Morgan fingerprint density at radius 1 is 1.08 bits per heavy atom. The van der Waals surface area contributed by atoms with Gasteiger partial charge >= 0.3 is 0 Å². The van der Waals surface area contributed by atoms with E-state index in [1.54, 1.807) is 0 Å². The van der Waals surface area contributed by atoms with E-state index >= 15 is 0 Å². The first kappa shape index (κ1) is 15.8. The zero-order chi connectivity index (χ0) is 17.3. The molecule has 1 aromatic carbocycles. The van der Waals surface area contributed by atoms with Crippen molar-refractivity contribution in [1.82, 2.24) is 19.4 Å². The molecule has 2 aliphatic heterocycles. The third-order valence-corrected chi connectivity index (χ3v) is 5.19. The van der Waals surface area contributed by atoms with Gasteiger partial charge in [-0.15, -0.1) is 0 Å². The summed E-state index contributed by atoms with van der Waals surface area (Å²) >= 11 is 0. The van der Waals surface area contributed by atoms with Crippen LogP contribution < -0.4 is 4.90 Å². The average Bonchev–Trinajstić information content (AvgIpc) is 3.31. The number of ether oxygens (including phenoxy) is 1. The molecule has 6 nitrogen and oxygen atoms in total. The number of nitrogens with zero attached hydrogens (tertiary/aromatic N) is 5. The largest absolute Gasteiger partial charge is 0.376 e. The lowest BCUT2D eigenvalue weighted by Gasteiger charge is -2.38. The fourth-order valence-corrected chi connectivity index (χ4v) is 3.99. The Balaban J connectivity index is 1.47. The first-order valence-corrected chi connectivity index (χ1v) is 9.31. The summed E-state index contributed by atoms with van der Waals surface area (Å²) in [5.41, 5.74) is 3.34. The number of imidazole rings is 1. The fourth-order valence-electron chi connectivity index (χ4n) is 3.99. The van der Waals surface area contributed by atoms with Crippen LogP contribution in [0.4, 0.5) is 5.95 Å². The zero-order valence-electron chi connectivity index (χ0n) is 14.8. The summed E-state index contributed by atoms with van der Waals surface area (Å²) in [5.74, 6) is 1.05. The van der Waals surface area contributed by atoms with E-state index in [4.69, 9.17) is 9.72 Å². The number of hydrogen-bond donors (Lipinski definition) is 0. The number of hydrogen-bond acceptors (Lipinski definition) is 5. The number of rotatable bonds is 4. The molecule has 5 rings (SSSR count). The molecule has 0 bridgehead atoms. The van der Waals surface area contributed by atoms with E-state index in [9.17, 15) is 0 Å². The second kappa shape index (κ2) is 6.70. The van der Waals surface area contributed by atoms with E-state index in [2.05, 4.69) is 55.7 Å². The van der Waals surface area contributed by atoms with E-state index < -0.39 is 0 Å². The first-order chi connectivity index (χ1) is 12.9. The van der Waals surface area contributed by atoms with E-state index in [1.165, 1.54) is 5.52 Å². The van der Waals surface area contributed by atoms with E-state index in [0.717, 1.165) is 63.0 Å². The highest BCUT2D eigenvalue weighted by Gasteiger charge is 2.29. The molecule has 0 spiro atoms. The fraction of sp³-hybridized carbons (Fsp3) is 0.400. The molecule has 0 aliphatic carbocycles. The maximum absolute atomic E-state index is 5.89. The third kappa shape index (κ3) is 2.95. The van der Waals surface area contributed by atoms with Crippen molar-refractivity contribution in [3.05, 3.63) is 54.4 Å². The van der Waals surface area contributed by atoms with Crippen LogP contribution in [0.25, 0.3) is 11.0 Å². The summed E-state index contributed by atoms with van der Waals surface area (Å²) in [6, 6.07) is 14.5. The number of para-hydroxylation sites is 2. The normalized spacial score (nSPS) is 20.6. The van der Waals surface area contributed by atoms with E-state index in [0.29, 0.717) is 6.10 Å². The second-order valence-electron chi connectivity index (χ2n) is 7.12. The smallest absolute Gasteiger partial charge is 0.208 e. The minimum Gasteiger partial charge on any atom is -0.376 e. The number of aromatic nitrogens is 3. The number of benzene rings is 1. The molecule has 0 saturated carbocycles. The predicted molar refractivity (Wildman–Crippen MR) is 101 cm³/mol. The molecule has 4 heterocycles. The van der Waals surface area contributed by atoms with Gasteiger partial charge in [-0.3, -0.25) is 14.5 Å². The summed E-state index contributed by atoms with van der Waals surface area (Å²) in [5, 5.41) is 0. The number of anilines is 1. The lowest BCUT2D eigenvalue weighted by atomic mass is 10.2. The maximum Gasteiger partial charge on any atom is 0.208 e. The second-order valence-corrected chi connectivity index (χ2v) is 7.12. The van der Waals surface area contributed by atoms with Crippen LogP contribution in [-0.2, 0) is 18.0 Å². The lowest BCUT2D eigenvalue weighted by Crippen LogP contribution is -2.47. The minimum atomic E-state index is 0.304. The lowest BCUT2D eigenvalue weighted by molar-refractivity contribution is 0.105. The van der Waals surface area contributed by atoms with Crippen LogP contribution in [0.3, 0.4) is 0 Å². The van der Waals surface area contributed by atoms with Crippen molar-refractivity contribution in [2.75, 3.05) is 24.7 Å². The summed E-state index contributed by atoms with van der Waals surface area (Å²) in [6.07, 6.45) is 4.46. The number of fused-ring (bicyclic) bond motifs is 3. The molecule has 6 heteroatoms. The standard InChI is InChI=1S/C20H23N5O/c1-2-9-19-18(8-1)22-20-24(13-17-7-5-11-26-17)14-23(15-25(19)20)12-16-6-3-4-10-21-16/h1-4,6,8-10,17H,5,7,11-15H2/t17-/m0/s1. The van der Waals surface area contributed by atoms with Gasteiger partial charge in [0.15, 0.2) is 0 Å². The summed E-state index contributed by atoms with van der Waals surface area (Å²) < 4.78 is 8.20. The average molecular weight is 349 g/mol. The van der Waals surface area contributed by atoms with Gasteiger partial charge < -0.3 is 9.64 Å². The van der Waals surface area contributed by atoms with E-state index in [1.807, 2.05) is 12.3 Å². The quantitative estimate of drug-likeness (QED) is 0.725. The Morgan fingerprint density at radius 3 is 2.85 bits per heavy atom. The molecule has 1 atom stereocenters. The molecule has 0 amide bonds. The highest BCUT2D eigenvalue weighted by atomic mass is 16.5. The van der Waals surface area contributed by atoms with Gasteiger partial charge in [0, 0.05) is 25.9 Å². The van der Waals surface area contributed by atoms with Gasteiger partial charge in [0.1, 0.15) is 0 Å². The van der Waals surface area contributed by atoms with Crippen LogP contribution >= 0.6 is 0 Å². The Hall–Kier alpha value is -2.44. The van der Waals surface area contributed by atoms with Crippen molar-refractivity contribution < 1.29 is 4.74 Å². The van der Waals surface area contributed by atoms with Gasteiger partial charge in [-0.1, -0.05) is 18.2 Å². The van der Waals surface area contributed by atoms with Gasteiger partial charge in [0.2, 0.25) is 5.95 Å². The van der Waals surface area contributed by atoms with Crippen LogP contribution in [0.15, 0.2) is 48.7 Å². The summed E-state index contributed by atoms with van der Waals surface area (Å²) in [4.78, 5) is 14.2. The topological polar surface area (TPSA) is 46.4 Å². The monoisotopic (exact) mass is 349 g/mol. The SMILES string of the molecule is c1ccc(CN2CN(C[C@@H]3CCCO3)c3nc4ccccc4n3C2)nc1. The molecule has 0 N–H and O–H groups in total. The third-order valence-electron chi connectivity index (χ3n) is 5.19. The molecule has 26 heavy (non-hydrogen) atoms. The summed E-state index contributed by atoms with van der Waals surface area (Å²) in [7, 11) is 0. The van der Waals surface area contributed by atoms with Crippen LogP contribution in [0, 0.1) is 0 Å². The Kier molecular flexibility index (Phi) is 4.07. The molecular weight excluding hydrogens is 326 g/mol. The Bertz CT molecular complexity index is 888. The number of pyridine rings is 1. The van der Waals surface area contributed by atoms with E-state index in [-0.39, 0.29) is 0 Å².